The summed E-state index contributed by atoms with van der Waals surface area (Å²) >= 11 is 0. The van der Waals surface area contributed by atoms with Gasteiger partial charge in [0.2, 0.25) is 11.8 Å². The van der Waals surface area contributed by atoms with Crippen molar-refractivity contribution in [1.82, 2.24) is 45.3 Å². The summed E-state index contributed by atoms with van der Waals surface area (Å²) < 4.78 is 14.3. The third-order valence-corrected chi connectivity index (χ3v) is 10.5. The number of ether oxygens (including phenoxy) is 3. The molecule has 2 aliphatic rings. The number of nitrogens with zero attached hydrogens (tertiary/aromatic N) is 5. The molecule has 6 rings (SSSR count). The molecule has 2 saturated heterocycles. The highest BCUT2D eigenvalue weighted by molar-refractivity contribution is 5.87. The molecule has 17 heteroatoms. The number of benzene rings is 2. The van der Waals surface area contributed by atoms with Crippen LogP contribution in [0.4, 0.5) is 14.4 Å². The fourth-order valence-electron chi connectivity index (χ4n) is 7.30. The van der Waals surface area contributed by atoms with Gasteiger partial charge in [-0.3, -0.25) is 9.59 Å². The van der Waals surface area contributed by atoms with Gasteiger partial charge in [-0.1, -0.05) is 62.4 Å². The Labute approximate surface area is 330 Å². The SMILES string of the molecule is COC(=O)N[C@@H](C)C(=O)N1CCN(C(=O)OC)C[C@H]1c1ncc(-c2ccc(-c3ccc(-c4cnc([C@@H]5CCCN5C(=O)[C@@H](NC(=O)OC)C(C)C)[nH]4)cc3)cc2)[nH]1. The number of methoxy groups -OCH3 is 3. The lowest BCUT2D eigenvalue weighted by molar-refractivity contribution is -0.138. The van der Waals surface area contributed by atoms with Gasteiger partial charge in [0.25, 0.3) is 0 Å². The molecule has 4 aromatic rings. The lowest BCUT2D eigenvalue weighted by Gasteiger charge is -2.40. The molecule has 302 valence electrons. The molecule has 0 bridgehead atoms. The van der Waals surface area contributed by atoms with Crippen LogP contribution in [0.5, 0.6) is 0 Å². The van der Waals surface area contributed by atoms with E-state index in [1.807, 2.05) is 62.4 Å². The summed E-state index contributed by atoms with van der Waals surface area (Å²) in [6.07, 6.45) is 3.20. The number of alkyl carbamates (subject to hydrolysis) is 2. The van der Waals surface area contributed by atoms with Crippen molar-refractivity contribution in [1.29, 1.82) is 0 Å². The van der Waals surface area contributed by atoms with Gasteiger partial charge in [0.15, 0.2) is 0 Å². The van der Waals surface area contributed by atoms with E-state index >= 15 is 0 Å². The monoisotopic (exact) mass is 783 g/mol. The molecule has 2 fully saturated rings. The molecule has 4 atom stereocenters. The van der Waals surface area contributed by atoms with Crippen LogP contribution in [0.2, 0.25) is 0 Å². The molecule has 2 aromatic carbocycles. The second-order valence-electron chi connectivity index (χ2n) is 14.4. The molecular weight excluding hydrogens is 734 g/mol. The second-order valence-corrected chi connectivity index (χ2v) is 14.4. The number of nitrogens with one attached hydrogen (secondary N) is 4. The van der Waals surface area contributed by atoms with E-state index in [9.17, 15) is 24.0 Å². The minimum Gasteiger partial charge on any atom is -0.453 e. The third-order valence-electron chi connectivity index (χ3n) is 10.5. The normalized spacial score (nSPS) is 17.8. The van der Waals surface area contributed by atoms with Gasteiger partial charge in [-0.15, -0.1) is 0 Å². The van der Waals surface area contributed by atoms with Crippen LogP contribution < -0.4 is 10.6 Å². The van der Waals surface area contributed by atoms with E-state index in [1.165, 1.54) is 26.2 Å². The highest BCUT2D eigenvalue weighted by Gasteiger charge is 2.39. The number of carbonyl (C=O) groups is 5. The maximum absolute atomic E-state index is 13.5. The number of likely N-dealkylation sites (tertiary alicyclic amines) is 1. The lowest BCUT2D eigenvalue weighted by Crippen LogP contribution is -2.56. The van der Waals surface area contributed by atoms with E-state index in [2.05, 4.69) is 35.3 Å². The van der Waals surface area contributed by atoms with E-state index < -0.39 is 36.4 Å². The summed E-state index contributed by atoms with van der Waals surface area (Å²) in [5.74, 6) is 0.573. The first-order valence-corrected chi connectivity index (χ1v) is 18.9. The van der Waals surface area contributed by atoms with Gasteiger partial charge in [-0.2, -0.15) is 0 Å². The highest BCUT2D eigenvalue weighted by Crippen LogP contribution is 2.34. The molecule has 4 N–H and O–H groups in total. The molecule has 0 unspecified atom stereocenters. The van der Waals surface area contributed by atoms with Crippen molar-refractivity contribution in [3.8, 4) is 33.6 Å². The Kier molecular flexibility index (Phi) is 12.4. The van der Waals surface area contributed by atoms with Crippen LogP contribution in [0.3, 0.4) is 0 Å². The van der Waals surface area contributed by atoms with Gasteiger partial charge in [0.05, 0.1) is 57.7 Å². The maximum Gasteiger partial charge on any atom is 0.409 e. The molecule has 0 radical (unpaired) electrons. The van der Waals surface area contributed by atoms with Crippen molar-refractivity contribution >= 4 is 30.1 Å². The van der Waals surface area contributed by atoms with E-state index in [0.29, 0.717) is 18.2 Å². The Balaban J connectivity index is 1.13. The van der Waals surface area contributed by atoms with Crippen LogP contribution in [-0.4, -0.2) is 124 Å². The van der Waals surface area contributed by atoms with Crippen LogP contribution in [0.25, 0.3) is 33.6 Å². The van der Waals surface area contributed by atoms with Crippen LogP contribution in [0, 0.1) is 5.92 Å². The Bertz CT molecular complexity index is 2060. The fraction of sp³-hybridized carbons (Fsp3) is 0.425. The zero-order valence-electron chi connectivity index (χ0n) is 32.9. The predicted octanol–water partition coefficient (Wildman–Crippen LogP) is 4.87. The number of piperazine rings is 1. The standard InChI is InChI=1S/C40H49N9O8/c1-23(2)33(46-39(53)56-5)37(51)48-17-7-8-31(48)34-41-20-29(44-34)27-13-9-25(10-14-27)26-11-15-28(16-12-26)30-21-42-35(45-30)32-22-47(40(54)57-6)18-19-49(32)36(50)24(3)43-38(52)55-4/h9-16,20-21,23-24,31-33H,7-8,17-19,22H2,1-6H3,(H,41,44)(H,42,45)(H,43,52)(H,46,53)/t24-,31-,32-,33-/m0/s1. The molecule has 0 saturated carbocycles. The van der Waals surface area contributed by atoms with Crippen molar-refractivity contribution in [3.05, 3.63) is 72.6 Å². The Morgan fingerprint density at radius 3 is 1.70 bits per heavy atom. The summed E-state index contributed by atoms with van der Waals surface area (Å²) in [7, 11) is 3.82. The molecule has 2 aromatic heterocycles. The van der Waals surface area contributed by atoms with Gasteiger partial charge >= 0.3 is 18.3 Å². The number of aromatic amines is 2. The van der Waals surface area contributed by atoms with Crippen LogP contribution in [0.15, 0.2) is 60.9 Å². The first-order chi connectivity index (χ1) is 27.4. The van der Waals surface area contributed by atoms with Gasteiger partial charge in [-0.05, 0) is 47.9 Å². The smallest absolute Gasteiger partial charge is 0.409 e. The number of imidazole rings is 2. The van der Waals surface area contributed by atoms with Crippen molar-refractivity contribution in [2.45, 2.75) is 57.8 Å². The first-order valence-electron chi connectivity index (χ1n) is 18.9. The van der Waals surface area contributed by atoms with Crippen molar-refractivity contribution in [3.63, 3.8) is 0 Å². The summed E-state index contributed by atoms with van der Waals surface area (Å²) in [6, 6.07) is 13.7. The van der Waals surface area contributed by atoms with E-state index in [0.717, 1.165) is 46.5 Å². The number of rotatable bonds is 10. The van der Waals surface area contributed by atoms with Gasteiger partial charge in [-0.25, -0.2) is 24.4 Å². The fourth-order valence-corrected chi connectivity index (χ4v) is 7.30. The Morgan fingerprint density at radius 2 is 1.18 bits per heavy atom. The Hall–Kier alpha value is -6.39. The average molecular weight is 784 g/mol. The topological polar surface area (TPSA) is 204 Å². The number of hydrogen-bond donors (Lipinski definition) is 4. The summed E-state index contributed by atoms with van der Waals surface area (Å²) in [5, 5.41) is 5.20. The molecular formula is C40H49N9O8. The highest BCUT2D eigenvalue weighted by atomic mass is 16.5. The molecule has 5 amide bonds. The van der Waals surface area contributed by atoms with Crippen LogP contribution in [0.1, 0.15) is 57.3 Å². The minimum atomic E-state index is -0.861. The third kappa shape index (κ3) is 8.87. The van der Waals surface area contributed by atoms with Crippen LogP contribution in [-0.2, 0) is 23.8 Å². The number of carbonyl (C=O) groups excluding carboxylic acids is 5. The molecule has 0 aliphatic carbocycles. The Morgan fingerprint density at radius 1 is 0.667 bits per heavy atom. The molecule has 4 heterocycles. The number of aromatic nitrogens is 4. The van der Waals surface area contributed by atoms with Crippen LogP contribution >= 0.6 is 0 Å². The van der Waals surface area contributed by atoms with Gasteiger partial charge in [0.1, 0.15) is 29.8 Å². The molecule has 57 heavy (non-hydrogen) atoms. The first kappa shape index (κ1) is 40.3. The molecule has 17 nitrogen and oxygen atoms in total. The zero-order valence-corrected chi connectivity index (χ0v) is 32.9. The summed E-state index contributed by atoms with van der Waals surface area (Å²) in [6.45, 7) is 6.56. The number of hydrogen-bond acceptors (Lipinski definition) is 10. The van der Waals surface area contributed by atoms with Crippen molar-refractivity contribution < 1.29 is 38.2 Å². The van der Waals surface area contributed by atoms with Crippen molar-refractivity contribution in [2.24, 2.45) is 5.92 Å². The number of amides is 5. The molecule has 2 aliphatic heterocycles. The zero-order chi connectivity index (χ0) is 40.8. The van der Waals surface area contributed by atoms with Gasteiger partial charge in [0, 0.05) is 19.6 Å². The average Bonchev–Trinajstić information content (AvgIpc) is 4.04. The van der Waals surface area contributed by atoms with Gasteiger partial charge < -0.3 is 49.5 Å². The second kappa shape index (κ2) is 17.6. The van der Waals surface area contributed by atoms with E-state index in [-0.39, 0.29) is 43.4 Å². The van der Waals surface area contributed by atoms with Crippen molar-refractivity contribution in [2.75, 3.05) is 47.5 Å². The minimum absolute atomic E-state index is 0.120. The number of H-pyrrole nitrogens is 2. The lowest BCUT2D eigenvalue weighted by atomic mass is 10.0. The maximum atomic E-state index is 13.5. The largest absolute Gasteiger partial charge is 0.453 e. The summed E-state index contributed by atoms with van der Waals surface area (Å²) in [5.41, 5.74) is 5.39. The predicted molar refractivity (Wildman–Crippen MR) is 208 cm³/mol. The molecule has 0 spiro atoms. The summed E-state index contributed by atoms with van der Waals surface area (Å²) in [4.78, 5) is 84.1. The van der Waals surface area contributed by atoms with E-state index in [4.69, 9.17) is 9.47 Å². The quantitative estimate of drug-likeness (QED) is 0.161. The van der Waals surface area contributed by atoms with E-state index in [1.54, 1.807) is 29.1 Å².